The second-order valence-electron chi connectivity index (χ2n) is 6.92. The number of piperazine rings is 1. The van der Waals surface area contributed by atoms with Crippen molar-refractivity contribution >= 4 is 11.9 Å². The van der Waals surface area contributed by atoms with Crippen LogP contribution in [0.15, 0.2) is 23.3 Å². The van der Waals surface area contributed by atoms with Crippen LogP contribution in [0.3, 0.4) is 0 Å². The Kier molecular flexibility index (Phi) is 7.84. The number of rotatable bonds is 6. The van der Waals surface area contributed by atoms with Crippen molar-refractivity contribution in [2.45, 2.75) is 40.3 Å². The number of aliphatic imine (C=N–C) groups is 1. The van der Waals surface area contributed by atoms with Crippen molar-refractivity contribution in [1.29, 1.82) is 0 Å². The third-order valence-corrected chi connectivity index (χ3v) is 4.32. The number of aryl methyl sites for hydroxylation is 1. The lowest BCUT2D eigenvalue weighted by Gasteiger charge is -2.36. The van der Waals surface area contributed by atoms with Crippen molar-refractivity contribution in [3.8, 4) is 0 Å². The first-order valence-electron chi connectivity index (χ1n) is 9.45. The van der Waals surface area contributed by atoms with E-state index in [0.717, 1.165) is 49.9 Å². The van der Waals surface area contributed by atoms with Crippen molar-refractivity contribution in [3.63, 3.8) is 0 Å². The minimum atomic E-state index is 0.0969. The lowest BCUT2D eigenvalue weighted by molar-refractivity contribution is -0.123. The smallest absolute Gasteiger partial charge is 0.234 e. The molecule has 1 aliphatic heterocycles. The number of carbonyl (C=O) groups excluding carboxylic acids is 1. The first-order valence-corrected chi connectivity index (χ1v) is 9.45. The number of pyridine rings is 1. The van der Waals surface area contributed by atoms with Gasteiger partial charge in [0.25, 0.3) is 0 Å². The maximum absolute atomic E-state index is 11.9. The van der Waals surface area contributed by atoms with Crippen LogP contribution in [-0.2, 0) is 11.3 Å². The first kappa shape index (κ1) is 20.2. The molecule has 0 spiro atoms. The monoisotopic (exact) mass is 360 g/mol. The van der Waals surface area contributed by atoms with Crippen LogP contribution in [0.1, 0.15) is 32.0 Å². The third kappa shape index (κ3) is 6.29. The predicted octanol–water partition coefficient (Wildman–Crippen LogP) is 0.998. The summed E-state index contributed by atoms with van der Waals surface area (Å²) in [7, 11) is 0. The molecule has 1 aliphatic rings. The quantitative estimate of drug-likeness (QED) is 0.585. The molecule has 0 atom stereocenters. The van der Waals surface area contributed by atoms with E-state index in [0.29, 0.717) is 13.1 Å². The highest BCUT2D eigenvalue weighted by molar-refractivity contribution is 5.80. The summed E-state index contributed by atoms with van der Waals surface area (Å²) in [6.07, 6.45) is 1.81. The molecule has 0 saturated carbocycles. The Morgan fingerprint density at radius 1 is 1.31 bits per heavy atom. The highest BCUT2D eigenvalue weighted by Gasteiger charge is 2.21. The zero-order chi connectivity index (χ0) is 18.9. The summed E-state index contributed by atoms with van der Waals surface area (Å²) in [6, 6.07) is 4.19. The Balaban J connectivity index is 1.90. The van der Waals surface area contributed by atoms with Crippen LogP contribution in [0.25, 0.3) is 0 Å². The molecule has 0 aliphatic carbocycles. The molecule has 0 unspecified atom stereocenters. The lowest BCUT2D eigenvalue weighted by Crippen LogP contribution is -2.54. The molecule has 1 aromatic rings. The van der Waals surface area contributed by atoms with Crippen molar-refractivity contribution in [2.24, 2.45) is 4.99 Å². The fourth-order valence-electron chi connectivity index (χ4n) is 2.95. The number of hydrogen-bond acceptors (Lipinski definition) is 4. The Labute approximate surface area is 156 Å². The van der Waals surface area contributed by atoms with E-state index in [9.17, 15) is 4.79 Å². The van der Waals surface area contributed by atoms with Crippen LogP contribution in [0.4, 0.5) is 0 Å². The molecule has 7 nitrogen and oxygen atoms in total. The summed E-state index contributed by atoms with van der Waals surface area (Å²) in [5.41, 5.74) is 2.17. The van der Waals surface area contributed by atoms with Gasteiger partial charge in [-0.05, 0) is 39.3 Å². The van der Waals surface area contributed by atoms with E-state index < -0.39 is 0 Å². The van der Waals surface area contributed by atoms with Gasteiger partial charge in [-0.25, -0.2) is 4.99 Å². The summed E-state index contributed by atoms with van der Waals surface area (Å²) in [5, 5.41) is 6.32. The first-order chi connectivity index (χ1) is 12.5. The Morgan fingerprint density at radius 2 is 2.04 bits per heavy atom. The summed E-state index contributed by atoms with van der Waals surface area (Å²) in [4.78, 5) is 25.6. The summed E-state index contributed by atoms with van der Waals surface area (Å²) >= 11 is 0. The van der Waals surface area contributed by atoms with Crippen molar-refractivity contribution in [2.75, 3.05) is 39.3 Å². The number of hydrogen-bond donors (Lipinski definition) is 2. The molecule has 1 fully saturated rings. The molecule has 1 amide bonds. The Hall–Kier alpha value is -2.15. The summed E-state index contributed by atoms with van der Waals surface area (Å²) < 4.78 is 0. The molecule has 1 aromatic heterocycles. The molecule has 0 aromatic carbocycles. The summed E-state index contributed by atoms with van der Waals surface area (Å²) in [5.74, 6) is 1.02. The van der Waals surface area contributed by atoms with Gasteiger partial charge in [0.1, 0.15) is 0 Å². The fraction of sp³-hybridized carbons (Fsp3) is 0.632. The van der Waals surface area contributed by atoms with E-state index in [4.69, 9.17) is 4.99 Å². The molecule has 0 bridgehead atoms. The SMILES string of the molecule is CCNC(=NCc1ncccc1C)N1CCN(CC(=O)NC(C)C)CC1. The van der Waals surface area contributed by atoms with Crippen LogP contribution in [-0.4, -0.2) is 72.0 Å². The third-order valence-electron chi connectivity index (χ3n) is 4.32. The number of nitrogens with one attached hydrogen (secondary N) is 2. The minimum absolute atomic E-state index is 0.0969. The van der Waals surface area contributed by atoms with E-state index in [1.165, 1.54) is 0 Å². The zero-order valence-electron chi connectivity index (χ0n) is 16.5. The largest absolute Gasteiger partial charge is 0.357 e. The molecule has 2 heterocycles. The van der Waals surface area contributed by atoms with Gasteiger partial charge in [-0.2, -0.15) is 0 Å². The van der Waals surface area contributed by atoms with Gasteiger partial charge in [-0.3, -0.25) is 14.7 Å². The number of guanidine groups is 1. The molecule has 26 heavy (non-hydrogen) atoms. The topological polar surface area (TPSA) is 72.9 Å². The van der Waals surface area contributed by atoms with Crippen molar-refractivity contribution in [1.82, 2.24) is 25.4 Å². The molecular formula is C19H32N6O. The van der Waals surface area contributed by atoms with Gasteiger partial charge in [-0.15, -0.1) is 0 Å². The zero-order valence-corrected chi connectivity index (χ0v) is 16.5. The lowest BCUT2D eigenvalue weighted by atomic mass is 10.2. The van der Waals surface area contributed by atoms with E-state index in [1.54, 1.807) is 0 Å². The highest BCUT2D eigenvalue weighted by atomic mass is 16.2. The number of aromatic nitrogens is 1. The van der Waals surface area contributed by atoms with E-state index >= 15 is 0 Å². The number of carbonyl (C=O) groups is 1. The standard InChI is InChI=1S/C19H32N6O/c1-5-20-19(22-13-17-16(4)7-6-8-21-17)25-11-9-24(10-12-25)14-18(26)23-15(2)3/h6-8,15H,5,9-14H2,1-4H3,(H,20,22)(H,23,26). The molecule has 1 saturated heterocycles. The second kappa shape index (κ2) is 10.1. The van der Waals surface area contributed by atoms with Gasteiger partial charge in [-0.1, -0.05) is 6.07 Å². The van der Waals surface area contributed by atoms with Crippen LogP contribution in [0, 0.1) is 6.92 Å². The van der Waals surface area contributed by atoms with Gasteiger partial charge in [0.05, 0.1) is 18.8 Å². The average molecular weight is 361 g/mol. The maximum Gasteiger partial charge on any atom is 0.234 e. The average Bonchev–Trinajstić information content (AvgIpc) is 2.60. The number of nitrogens with zero attached hydrogens (tertiary/aromatic N) is 4. The number of amides is 1. The molecule has 144 valence electrons. The van der Waals surface area contributed by atoms with Crippen LogP contribution in [0.5, 0.6) is 0 Å². The van der Waals surface area contributed by atoms with Gasteiger partial charge in [0, 0.05) is 45.0 Å². The van der Waals surface area contributed by atoms with Crippen LogP contribution in [0.2, 0.25) is 0 Å². The Morgan fingerprint density at radius 3 is 2.65 bits per heavy atom. The maximum atomic E-state index is 11.9. The second-order valence-corrected chi connectivity index (χ2v) is 6.92. The Bertz CT molecular complexity index is 608. The van der Waals surface area contributed by atoms with Gasteiger partial charge >= 0.3 is 0 Å². The molecule has 2 N–H and O–H groups in total. The highest BCUT2D eigenvalue weighted by Crippen LogP contribution is 2.07. The normalized spacial score (nSPS) is 16.0. The van der Waals surface area contributed by atoms with Crippen molar-refractivity contribution in [3.05, 3.63) is 29.6 Å². The minimum Gasteiger partial charge on any atom is -0.357 e. The van der Waals surface area contributed by atoms with Crippen LogP contribution >= 0.6 is 0 Å². The van der Waals surface area contributed by atoms with Crippen molar-refractivity contribution < 1.29 is 4.79 Å². The van der Waals surface area contributed by atoms with E-state index in [1.807, 2.05) is 26.1 Å². The van der Waals surface area contributed by atoms with E-state index in [-0.39, 0.29) is 11.9 Å². The summed E-state index contributed by atoms with van der Waals surface area (Å²) in [6.45, 7) is 13.4. The molecule has 0 radical (unpaired) electrons. The molecular weight excluding hydrogens is 328 g/mol. The van der Waals surface area contributed by atoms with Gasteiger partial charge < -0.3 is 15.5 Å². The van der Waals surface area contributed by atoms with Gasteiger partial charge in [0.2, 0.25) is 5.91 Å². The van der Waals surface area contributed by atoms with Crippen LogP contribution < -0.4 is 10.6 Å². The van der Waals surface area contributed by atoms with E-state index in [2.05, 4.69) is 45.3 Å². The molecule has 2 rings (SSSR count). The van der Waals surface area contributed by atoms with Gasteiger partial charge in [0.15, 0.2) is 5.96 Å². The molecule has 7 heteroatoms. The fourth-order valence-corrected chi connectivity index (χ4v) is 2.95. The predicted molar refractivity (Wildman–Crippen MR) is 105 cm³/mol.